The van der Waals surface area contributed by atoms with Gasteiger partial charge in [-0.1, -0.05) is 0 Å². The molecule has 134 valence electrons. The van der Waals surface area contributed by atoms with Crippen LogP contribution in [0.25, 0.3) is 0 Å². The van der Waals surface area contributed by atoms with E-state index in [1.165, 1.54) is 6.33 Å². The number of amides is 1. The smallest absolute Gasteiger partial charge is 0.254 e. The molecule has 0 aromatic carbocycles. The normalized spacial score (nSPS) is 20.1. The van der Waals surface area contributed by atoms with Crippen LogP contribution in [0.15, 0.2) is 18.6 Å². The number of nitrogens with one attached hydrogen (secondary N) is 1. The van der Waals surface area contributed by atoms with Crippen molar-refractivity contribution in [3.05, 3.63) is 35.5 Å². The van der Waals surface area contributed by atoms with Crippen LogP contribution >= 0.6 is 0 Å². The molecule has 2 N–H and O–H groups in total. The second-order valence-corrected chi connectivity index (χ2v) is 6.58. The van der Waals surface area contributed by atoms with Crippen LogP contribution in [0.3, 0.4) is 0 Å². The summed E-state index contributed by atoms with van der Waals surface area (Å²) in [6.07, 6.45) is 3.83. The van der Waals surface area contributed by atoms with E-state index >= 15 is 0 Å². The fraction of sp³-hybridized carbons (Fsp3) is 0.529. The predicted octanol–water partition coefficient (Wildman–Crippen LogP) is 0.681. The SMILES string of the molecule is CCn1cc(C(=O)NC[C@@]2(O)CCN(c3cc(C)ncn3)C2)c(C)n1. The van der Waals surface area contributed by atoms with Gasteiger partial charge in [0.15, 0.2) is 0 Å². The van der Waals surface area contributed by atoms with Crippen molar-refractivity contribution in [1.82, 2.24) is 25.1 Å². The van der Waals surface area contributed by atoms with Gasteiger partial charge in [-0.25, -0.2) is 9.97 Å². The maximum Gasteiger partial charge on any atom is 0.254 e. The van der Waals surface area contributed by atoms with E-state index in [0.717, 1.165) is 11.5 Å². The third kappa shape index (κ3) is 3.79. The van der Waals surface area contributed by atoms with Gasteiger partial charge in [-0.3, -0.25) is 9.48 Å². The number of carbonyl (C=O) groups excluding carboxylic acids is 1. The summed E-state index contributed by atoms with van der Waals surface area (Å²) in [5.41, 5.74) is 1.16. The van der Waals surface area contributed by atoms with E-state index in [-0.39, 0.29) is 12.5 Å². The van der Waals surface area contributed by atoms with E-state index < -0.39 is 5.60 Å². The van der Waals surface area contributed by atoms with Gasteiger partial charge < -0.3 is 15.3 Å². The highest BCUT2D eigenvalue weighted by atomic mass is 16.3. The van der Waals surface area contributed by atoms with E-state index in [2.05, 4.69) is 20.4 Å². The van der Waals surface area contributed by atoms with Gasteiger partial charge in [-0.05, 0) is 27.2 Å². The minimum atomic E-state index is -0.969. The quantitative estimate of drug-likeness (QED) is 0.828. The molecule has 0 spiro atoms. The lowest BCUT2D eigenvalue weighted by molar-refractivity contribution is 0.0575. The van der Waals surface area contributed by atoms with Gasteiger partial charge in [-0.2, -0.15) is 5.10 Å². The molecule has 2 aromatic heterocycles. The second-order valence-electron chi connectivity index (χ2n) is 6.58. The Bertz CT molecular complexity index is 774. The van der Waals surface area contributed by atoms with Gasteiger partial charge >= 0.3 is 0 Å². The number of anilines is 1. The average molecular weight is 344 g/mol. The Morgan fingerprint density at radius 1 is 1.40 bits per heavy atom. The number of carbonyl (C=O) groups is 1. The molecule has 0 radical (unpaired) electrons. The number of aryl methyl sites for hydroxylation is 3. The Morgan fingerprint density at radius 3 is 2.88 bits per heavy atom. The molecular formula is C17H24N6O2. The fourth-order valence-electron chi connectivity index (χ4n) is 3.05. The summed E-state index contributed by atoms with van der Waals surface area (Å²) in [4.78, 5) is 22.7. The van der Waals surface area contributed by atoms with Crippen molar-refractivity contribution in [3.8, 4) is 0 Å². The van der Waals surface area contributed by atoms with E-state index in [0.29, 0.717) is 37.3 Å². The Balaban J connectivity index is 1.61. The summed E-state index contributed by atoms with van der Waals surface area (Å²) in [5, 5.41) is 17.9. The highest BCUT2D eigenvalue weighted by molar-refractivity contribution is 5.95. The first-order valence-electron chi connectivity index (χ1n) is 8.48. The molecule has 0 aliphatic carbocycles. The molecule has 2 aromatic rings. The van der Waals surface area contributed by atoms with E-state index in [9.17, 15) is 9.90 Å². The first-order chi connectivity index (χ1) is 11.9. The minimum absolute atomic E-state index is 0.198. The molecule has 0 unspecified atom stereocenters. The van der Waals surface area contributed by atoms with Crippen LogP contribution in [0.1, 0.15) is 35.1 Å². The number of rotatable bonds is 5. The van der Waals surface area contributed by atoms with Crippen molar-refractivity contribution in [2.24, 2.45) is 0 Å². The zero-order valence-electron chi connectivity index (χ0n) is 14.9. The molecule has 1 amide bonds. The standard InChI is InChI=1S/C17H24N6O2/c1-4-23-8-14(13(3)21-23)16(24)18-9-17(25)5-6-22(10-17)15-7-12(2)19-11-20-15/h7-8,11,25H,4-6,9-10H2,1-3H3,(H,18,24)/t17-/m0/s1. The van der Waals surface area contributed by atoms with Crippen LogP contribution in [0.4, 0.5) is 5.82 Å². The first-order valence-corrected chi connectivity index (χ1v) is 8.48. The third-order valence-electron chi connectivity index (χ3n) is 4.54. The monoisotopic (exact) mass is 344 g/mol. The summed E-state index contributed by atoms with van der Waals surface area (Å²) in [7, 11) is 0. The molecule has 8 nitrogen and oxygen atoms in total. The molecule has 1 aliphatic rings. The Hall–Kier alpha value is -2.48. The van der Waals surface area contributed by atoms with Gasteiger partial charge in [0.25, 0.3) is 5.91 Å². The number of hydrogen-bond acceptors (Lipinski definition) is 6. The molecule has 1 aliphatic heterocycles. The Kier molecular flexibility index (Phi) is 4.71. The van der Waals surface area contributed by atoms with Gasteiger partial charge in [0.05, 0.1) is 11.3 Å². The topological polar surface area (TPSA) is 96.2 Å². The second kappa shape index (κ2) is 6.79. The molecule has 1 atom stereocenters. The van der Waals surface area contributed by atoms with Crippen LogP contribution in [0.5, 0.6) is 0 Å². The summed E-state index contributed by atoms with van der Waals surface area (Å²) in [6.45, 7) is 7.72. The van der Waals surface area contributed by atoms with Gasteiger partial charge in [0.1, 0.15) is 17.7 Å². The third-order valence-corrected chi connectivity index (χ3v) is 4.54. The lowest BCUT2D eigenvalue weighted by Gasteiger charge is -2.24. The van der Waals surface area contributed by atoms with Crippen LogP contribution in [-0.2, 0) is 6.54 Å². The van der Waals surface area contributed by atoms with Gasteiger partial charge in [-0.15, -0.1) is 0 Å². The van der Waals surface area contributed by atoms with Gasteiger partial charge in [0, 0.05) is 44.1 Å². The van der Waals surface area contributed by atoms with Crippen LogP contribution < -0.4 is 10.2 Å². The maximum absolute atomic E-state index is 12.4. The molecule has 0 bridgehead atoms. The molecule has 25 heavy (non-hydrogen) atoms. The zero-order chi connectivity index (χ0) is 18.0. The lowest BCUT2D eigenvalue weighted by atomic mass is 10.0. The highest BCUT2D eigenvalue weighted by Crippen LogP contribution is 2.25. The number of hydrogen-bond donors (Lipinski definition) is 2. The molecular weight excluding hydrogens is 320 g/mol. The molecule has 0 saturated carbocycles. The molecule has 3 heterocycles. The molecule has 1 saturated heterocycles. The van der Waals surface area contributed by atoms with Crippen molar-refractivity contribution in [2.45, 2.75) is 39.3 Å². The van der Waals surface area contributed by atoms with Crippen LogP contribution in [-0.4, -0.2) is 56.0 Å². The summed E-state index contributed by atoms with van der Waals surface area (Å²) in [6, 6.07) is 1.90. The van der Waals surface area contributed by atoms with Crippen molar-refractivity contribution in [2.75, 3.05) is 24.5 Å². The summed E-state index contributed by atoms with van der Waals surface area (Å²) >= 11 is 0. The van der Waals surface area contributed by atoms with E-state index in [4.69, 9.17) is 0 Å². The van der Waals surface area contributed by atoms with Crippen LogP contribution in [0, 0.1) is 13.8 Å². The predicted molar refractivity (Wildman–Crippen MR) is 93.5 cm³/mol. The van der Waals surface area contributed by atoms with Crippen molar-refractivity contribution >= 4 is 11.7 Å². The van der Waals surface area contributed by atoms with Crippen molar-refractivity contribution < 1.29 is 9.90 Å². The van der Waals surface area contributed by atoms with Crippen LogP contribution in [0.2, 0.25) is 0 Å². The average Bonchev–Trinajstić information content (AvgIpc) is 3.16. The Morgan fingerprint density at radius 2 is 2.20 bits per heavy atom. The van der Waals surface area contributed by atoms with E-state index in [1.54, 1.807) is 10.9 Å². The summed E-state index contributed by atoms with van der Waals surface area (Å²) < 4.78 is 1.73. The highest BCUT2D eigenvalue weighted by Gasteiger charge is 2.37. The minimum Gasteiger partial charge on any atom is -0.386 e. The number of β-amino-alcohol motifs (C(OH)–C–C–N with tert-alkyl or cyclic N) is 1. The zero-order valence-corrected chi connectivity index (χ0v) is 14.9. The molecule has 8 heteroatoms. The number of nitrogens with zero attached hydrogens (tertiary/aromatic N) is 5. The summed E-state index contributed by atoms with van der Waals surface area (Å²) in [5.74, 6) is 0.594. The largest absolute Gasteiger partial charge is 0.386 e. The lowest BCUT2D eigenvalue weighted by Crippen LogP contribution is -2.45. The fourth-order valence-corrected chi connectivity index (χ4v) is 3.05. The first kappa shape index (κ1) is 17.3. The van der Waals surface area contributed by atoms with Crippen molar-refractivity contribution in [3.63, 3.8) is 0 Å². The molecule has 3 rings (SSSR count). The maximum atomic E-state index is 12.4. The Labute approximate surface area is 146 Å². The van der Waals surface area contributed by atoms with E-state index in [1.807, 2.05) is 31.7 Å². The van der Waals surface area contributed by atoms with Gasteiger partial charge in [0.2, 0.25) is 0 Å². The van der Waals surface area contributed by atoms with Crippen molar-refractivity contribution in [1.29, 1.82) is 0 Å². The number of aliphatic hydroxyl groups is 1. The molecule has 1 fully saturated rings. The number of aromatic nitrogens is 4.